The molecule has 1 unspecified atom stereocenters. The Morgan fingerprint density at radius 3 is 2.48 bits per heavy atom. The van der Waals surface area contributed by atoms with E-state index in [1.54, 1.807) is 0 Å². The number of nitro benzene ring substituents is 1. The molecular weight excluding hydrogens is 301 g/mol. The fourth-order valence-electron chi connectivity index (χ4n) is 2.44. The van der Waals surface area contributed by atoms with Crippen LogP contribution in [0.5, 0.6) is 0 Å². The van der Waals surface area contributed by atoms with Crippen molar-refractivity contribution in [1.82, 2.24) is 10.2 Å². The Bertz CT molecular complexity index is 578. The van der Waals surface area contributed by atoms with E-state index in [2.05, 4.69) is 5.32 Å². The van der Waals surface area contributed by atoms with E-state index >= 15 is 0 Å². The molecule has 128 valence electrons. The van der Waals surface area contributed by atoms with Gasteiger partial charge in [-0.25, -0.2) is 4.39 Å². The van der Waals surface area contributed by atoms with E-state index in [1.165, 1.54) is 6.92 Å². The van der Waals surface area contributed by atoms with Gasteiger partial charge in [-0.3, -0.25) is 14.9 Å². The third kappa shape index (κ3) is 5.59. The number of carbonyl (C=O) groups excluding carboxylic acids is 1. The molecule has 0 aliphatic rings. The van der Waals surface area contributed by atoms with Crippen molar-refractivity contribution in [1.29, 1.82) is 0 Å². The van der Waals surface area contributed by atoms with Gasteiger partial charge in [-0.15, -0.1) is 0 Å². The van der Waals surface area contributed by atoms with E-state index in [0.29, 0.717) is 12.5 Å². The highest BCUT2D eigenvalue weighted by Gasteiger charge is 2.21. The third-order valence-electron chi connectivity index (χ3n) is 3.45. The van der Waals surface area contributed by atoms with Gasteiger partial charge in [-0.05, 0) is 39.4 Å². The van der Waals surface area contributed by atoms with Gasteiger partial charge in [0, 0.05) is 24.2 Å². The molecule has 1 atom stereocenters. The highest BCUT2D eigenvalue weighted by molar-refractivity contribution is 5.95. The Morgan fingerprint density at radius 1 is 1.39 bits per heavy atom. The molecule has 0 aromatic heterocycles. The molecule has 23 heavy (non-hydrogen) atoms. The largest absolute Gasteiger partial charge is 0.348 e. The minimum atomic E-state index is -0.752. The number of hydrogen-bond acceptors (Lipinski definition) is 4. The van der Waals surface area contributed by atoms with E-state index in [9.17, 15) is 19.3 Å². The maximum atomic E-state index is 13.8. The summed E-state index contributed by atoms with van der Waals surface area (Å²) in [6.07, 6.45) is 0.764. The molecule has 1 rings (SSSR count). The summed E-state index contributed by atoms with van der Waals surface area (Å²) >= 11 is 0. The third-order valence-corrected chi connectivity index (χ3v) is 3.45. The number of hydrogen-bond donors (Lipinski definition) is 1. The molecule has 1 aromatic carbocycles. The van der Waals surface area contributed by atoms with Crippen molar-refractivity contribution in [3.05, 3.63) is 39.2 Å². The van der Waals surface area contributed by atoms with Gasteiger partial charge in [-0.1, -0.05) is 13.8 Å². The molecule has 1 amide bonds. The van der Waals surface area contributed by atoms with Gasteiger partial charge in [0.05, 0.1) is 10.5 Å². The Balaban J connectivity index is 3.01. The monoisotopic (exact) mass is 325 g/mol. The van der Waals surface area contributed by atoms with Gasteiger partial charge in [0.15, 0.2) is 0 Å². The molecule has 0 aliphatic heterocycles. The average Bonchev–Trinajstić information content (AvgIpc) is 2.39. The molecule has 7 heteroatoms. The lowest BCUT2D eigenvalue weighted by molar-refractivity contribution is -0.385. The molecule has 0 saturated heterocycles. The number of amides is 1. The Morgan fingerprint density at radius 2 is 2.00 bits per heavy atom. The highest BCUT2D eigenvalue weighted by Crippen LogP contribution is 2.23. The fraction of sp³-hybridized carbons (Fsp3) is 0.562. The summed E-state index contributed by atoms with van der Waals surface area (Å²) in [4.78, 5) is 24.6. The smallest absolute Gasteiger partial charge is 0.276 e. The standard InChI is InChI=1S/C16H24FN3O3/c1-10(2)6-13(9-19(4)5)18-16(21)12-7-14(17)11(3)15(8-12)20(22)23/h7-8,10,13H,6,9H2,1-5H3,(H,18,21). The van der Waals surface area contributed by atoms with Crippen LogP contribution in [0.4, 0.5) is 10.1 Å². The van der Waals surface area contributed by atoms with E-state index in [0.717, 1.165) is 18.6 Å². The van der Waals surface area contributed by atoms with Crippen LogP contribution in [-0.4, -0.2) is 42.4 Å². The van der Waals surface area contributed by atoms with E-state index in [-0.39, 0.29) is 22.9 Å². The number of likely N-dealkylation sites (N-methyl/N-ethyl adjacent to an activating group) is 1. The second kappa shape index (κ2) is 8.01. The van der Waals surface area contributed by atoms with Gasteiger partial charge in [0.25, 0.3) is 11.6 Å². The van der Waals surface area contributed by atoms with Crippen molar-refractivity contribution < 1.29 is 14.1 Å². The summed E-state index contributed by atoms with van der Waals surface area (Å²) in [7, 11) is 3.80. The Hall–Kier alpha value is -2.02. The molecular formula is C16H24FN3O3. The molecule has 0 fully saturated rings. The van der Waals surface area contributed by atoms with Crippen LogP contribution in [0.3, 0.4) is 0 Å². The van der Waals surface area contributed by atoms with Crippen molar-refractivity contribution in [2.75, 3.05) is 20.6 Å². The zero-order valence-corrected chi connectivity index (χ0v) is 14.2. The number of nitrogens with zero attached hydrogens (tertiary/aromatic N) is 2. The van der Waals surface area contributed by atoms with Crippen molar-refractivity contribution in [3.63, 3.8) is 0 Å². The Labute approximate surface area is 135 Å². The lowest BCUT2D eigenvalue weighted by Gasteiger charge is -2.24. The average molecular weight is 325 g/mol. The molecule has 0 radical (unpaired) electrons. The molecule has 1 N–H and O–H groups in total. The van der Waals surface area contributed by atoms with Crippen molar-refractivity contribution >= 4 is 11.6 Å². The van der Waals surface area contributed by atoms with Crippen LogP contribution in [0.25, 0.3) is 0 Å². The second-order valence-electron chi connectivity index (χ2n) is 6.42. The summed E-state index contributed by atoms with van der Waals surface area (Å²) in [5, 5.41) is 13.8. The maximum Gasteiger partial charge on any atom is 0.276 e. The predicted octanol–water partition coefficient (Wildman–Crippen LogP) is 2.75. The van der Waals surface area contributed by atoms with Gasteiger partial charge in [0.2, 0.25) is 0 Å². The van der Waals surface area contributed by atoms with Crippen LogP contribution < -0.4 is 5.32 Å². The minimum absolute atomic E-state index is 0.0349. The molecule has 0 spiro atoms. The predicted molar refractivity (Wildman–Crippen MR) is 87.1 cm³/mol. The summed E-state index contributed by atoms with van der Waals surface area (Å²) in [6, 6.07) is 2.05. The fourth-order valence-corrected chi connectivity index (χ4v) is 2.44. The van der Waals surface area contributed by atoms with Crippen LogP contribution in [0.2, 0.25) is 0 Å². The van der Waals surface area contributed by atoms with Gasteiger partial charge >= 0.3 is 0 Å². The number of nitrogens with one attached hydrogen (secondary N) is 1. The van der Waals surface area contributed by atoms with Crippen LogP contribution >= 0.6 is 0 Å². The minimum Gasteiger partial charge on any atom is -0.348 e. The first-order valence-corrected chi connectivity index (χ1v) is 7.52. The first-order valence-electron chi connectivity index (χ1n) is 7.52. The van der Waals surface area contributed by atoms with Gasteiger partial charge < -0.3 is 10.2 Å². The number of halogens is 1. The lowest BCUT2D eigenvalue weighted by Crippen LogP contribution is -2.42. The van der Waals surface area contributed by atoms with Crippen LogP contribution in [0.1, 0.15) is 36.2 Å². The summed E-state index contributed by atoms with van der Waals surface area (Å²) in [5.41, 5.74) is -0.492. The van der Waals surface area contributed by atoms with Crippen LogP contribution in [-0.2, 0) is 0 Å². The maximum absolute atomic E-state index is 13.8. The summed E-state index contributed by atoms with van der Waals surface area (Å²) in [5.74, 6) is -0.874. The quantitative estimate of drug-likeness (QED) is 0.618. The number of carbonyl (C=O) groups is 1. The topological polar surface area (TPSA) is 75.5 Å². The van der Waals surface area contributed by atoms with Crippen LogP contribution in [0, 0.1) is 28.8 Å². The summed E-state index contributed by atoms with van der Waals surface area (Å²) in [6.45, 7) is 6.06. The Kier molecular flexibility index (Phi) is 6.62. The lowest BCUT2D eigenvalue weighted by atomic mass is 10.0. The van der Waals surface area contributed by atoms with Gasteiger partial charge in [-0.2, -0.15) is 0 Å². The van der Waals surface area contributed by atoms with E-state index in [4.69, 9.17) is 0 Å². The SMILES string of the molecule is Cc1c(F)cc(C(=O)NC(CC(C)C)CN(C)C)cc1[N+](=O)[O-]. The number of nitro groups is 1. The molecule has 0 bridgehead atoms. The first kappa shape index (κ1) is 19.0. The van der Waals surface area contributed by atoms with Crippen molar-refractivity contribution in [2.45, 2.75) is 33.2 Å². The van der Waals surface area contributed by atoms with E-state index in [1.807, 2.05) is 32.8 Å². The van der Waals surface area contributed by atoms with Crippen LogP contribution in [0.15, 0.2) is 12.1 Å². The van der Waals surface area contributed by atoms with Crippen molar-refractivity contribution in [2.24, 2.45) is 5.92 Å². The summed E-state index contributed by atoms with van der Waals surface area (Å²) < 4.78 is 13.8. The molecule has 0 saturated carbocycles. The molecule has 1 aromatic rings. The normalized spacial score (nSPS) is 12.5. The molecule has 0 aliphatic carbocycles. The first-order chi connectivity index (χ1) is 10.6. The zero-order valence-electron chi connectivity index (χ0n) is 14.2. The highest BCUT2D eigenvalue weighted by atomic mass is 19.1. The molecule has 6 nitrogen and oxygen atoms in total. The molecule has 0 heterocycles. The van der Waals surface area contributed by atoms with E-state index < -0.39 is 16.6 Å². The number of benzene rings is 1. The number of rotatable bonds is 7. The zero-order chi connectivity index (χ0) is 17.7. The van der Waals surface area contributed by atoms with Crippen molar-refractivity contribution in [3.8, 4) is 0 Å². The van der Waals surface area contributed by atoms with Gasteiger partial charge in [0.1, 0.15) is 5.82 Å². The second-order valence-corrected chi connectivity index (χ2v) is 6.42.